The summed E-state index contributed by atoms with van der Waals surface area (Å²) in [7, 11) is 1.84. The molecule has 0 radical (unpaired) electrons. The maximum absolute atomic E-state index is 12.2. The van der Waals surface area contributed by atoms with Gasteiger partial charge in [0.1, 0.15) is 0 Å². The number of hydrogen-bond acceptors (Lipinski definition) is 6. The first kappa shape index (κ1) is 15.9. The third-order valence-electron chi connectivity index (χ3n) is 3.91. The van der Waals surface area contributed by atoms with Gasteiger partial charge in [0.25, 0.3) is 5.56 Å². The van der Waals surface area contributed by atoms with Crippen LogP contribution in [0, 0.1) is 6.92 Å². The Labute approximate surface area is 148 Å². The van der Waals surface area contributed by atoms with Crippen molar-refractivity contribution in [2.75, 3.05) is 0 Å². The van der Waals surface area contributed by atoms with E-state index in [0.29, 0.717) is 24.0 Å². The summed E-state index contributed by atoms with van der Waals surface area (Å²) < 4.78 is 8.16. The van der Waals surface area contributed by atoms with Crippen LogP contribution in [0.5, 0.6) is 0 Å². The lowest BCUT2D eigenvalue weighted by Gasteiger charge is -2.07. The number of hydrogen-bond donors (Lipinski definition) is 0. The molecule has 26 heavy (non-hydrogen) atoms. The monoisotopic (exact) mass is 348 g/mol. The van der Waals surface area contributed by atoms with E-state index in [9.17, 15) is 4.79 Å². The van der Waals surface area contributed by atoms with Crippen molar-refractivity contribution < 1.29 is 4.52 Å². The van der Waals surface area contributed by atoms with Crippen LogP contribution in [0.25, 0.3) is 22.6 Å². The first-order valence-electron chi connectivity index (χ1n) is 8.05. The van der Waals surface area contributed by atoms with Gasteiger partial charge in [0.05, 0.1) is 18.4 Å². The summed E-state index contributed by atoms with van der Waals surface area (Å²) in [5, 5.41) is 12.5. The topological polar surface area (TPSA) is 91.6 Å². The maximum Gasteiger partial charge on any atom is 0.267 e. The molecule has 0 unspecified atom stereocenters. The molecule has 3 heterocycles. The third kappa shape index (κ3) is 3.16. The Morgan fingerprint density at radius 1 is 1.15 bits per heavy atom. The van der Waals surface area contributed by atoms with Gasteiger partial charge in [-0.1, -0.05) is 23.4 Å². The highest BCUT2D eigenvalue weighted by Gasteiger charge is 2.09. The molecule has 0 aliphatic carbocycles. The largest absolute Gasteiger partial charge is 0.339 e. The molecule has 4 aromatic rings. The van der Waals surface area contributed by atoms with E-state index in [1.54, 1.807) is 23.9 Å². The Hall–Kier alpha value is -3.55. The standard InChI is InChI=1S/C18H16N6O2/c1-12-20-18(22-26-12)14-5-3-4-13(8-14)10-24-17(25)7-6-16(21-24)15-9-19-23(2)11-15/h3-9,11H,10H2,1-2H3. The summed E-state index contributed by atoms with van der Waals surface area (Å²) >= 11 is 0. The van der Waals surface area contributed by atoms with Crippen LogP contribution >= 0.6 is 0 Å². The molecule has 0 N–H and O–H groups in total. The number of nitrogens with zero attached hydrogens (tertiary/aromatic N) is 6. The summed E-state index contributed by atoms with van der Waals surface area (Å²) in [6, 6.07) is 10.9. The van der Waals surface area contributed by atoms with Gasteiger partial charge in [-0.2, -0.15) is 15.2 Å². The Morgan fingerprint density at radius 3 is 2.77 bits per heavy atom. The zero-order chi connectivity index (χ0) is 18.1. The molecule has 130 valence electrons. The average Bonchev–Trinajstić information content (AvgIpc) is 3.26. The van der Waals surface area contributed by atoms with E-state index >= 15 is 0 Å². The van der Waals surface area contributed by atoms with Crippen LogP contribution in [0.15, 0.2) is 58.1 Å². The summed E-state index contributed by atoms with van der Waals surface area (Å²) in [4.78, 5) is 16.4. The second kappa shape index (κ2) is 6.40. The fourth-order valence-electron chi connectivity index (χ4n) is 2.67. The van der Waals surface area contributed by atoms with E-state index in [-0.39, 0.29) is 5.56 Å². The van der Waals surface area contributed by atoms with E-state index in [0.717, 1.165) is 16.7 Å². The summed E-state index contributed by atoms with van der Waals surface area (Å²) in [6.07, 6.45) is 3.58. The van der Waals surface area contributed by atoms with Crippen LogP contribution in [-0.4, -0.2) is 29.7 Å². The van der Waals surface area contributed by atoms with E-state index in [4.69, 9.17) is 4.52 Å². The number of benzene rings is 1. The van der Waals surface area contributed by atoms with Gasteiger partial charge < -0.3 is 4.52 Å². The van der Waals surface area contributed by atoms with Crippen LogP contribution in [0.3, 0.4) is 0 Å². The molecule has 0 bridgehead atoms. The van der Waals surface area contributed by atoms with Gasteiger partial charge in [0.15, 0.2) is 0 Å². The van der Waals surface area contributed by atoms with Gasteiger partial charge in [0, 0.05) is 37.4 Å². The van der Waals surface area contributed by atoms with Gasteiger partial charge in [0.2, 0.25) is 11.7 Å². The Bertz CT molecular complexity index is 1120. The van der Waals surface area contributed by atoms with Crippen LogP contribution in [-0.2, 0) is 13.6 Å². The molecular formula is C18H16N6O2. The van der Waals surface area contributed by atoms with Crippen LogP contribution in [0.1, 0.15) is 11.5 Å². The highest BCUT2D eigenvalue weighted by atomic mass is 16.5. The zero-order valence-electron chi connectivity index (χ0n) is 14.3. The fraction of sp³-hybridized carbons (Fsp3) is 0.167. The first-order valence-corrected chi connectivity index (χ1v) is 8.05. The quantitative estimate of drug-likeness (QED) is 0.560. The second-order valence-corrected chi connectivity index (χ2v) is 5.95. The van der Waals surface area contributed by atoms with Crippen molar-refractivity contribution in [2.24, 2.45) is 7.05 Å². The van der Waals surface area contributed by atoms with E-state index < -0.39 is 0 Å². The van der Waals surface area contributed by atoms with Gasteiger partial charge in [-0.05, 0) is 17.7 Å². The summed E-state index contributed by atoms with van der Waals surface area (Å²) in [5.74, 6) is 1.03. The molecule has 8 heteroatoms. The van der Waals surface area contributed by atoms with Crippen LogP contribution in [0.2, 0.25) is 0 Å². The van der Waals surface area contributed by atoms with Crippen molar-refractivity contribution >= 4 is 0 Å². The molecule has 0 saturated carbocycles. The number of aromatic nitrogens is 6. The summed E-state index contributed by atoms with van der Waals surface area (Å²) in [6.45, 7) is 2.09. The lowest BCUT2D eigenvalue weighted by atomic mass is 10.1. The van der Waals surface area contributed by atoms with Crippen molar-refractivity contribution in [1.29, 1.82) is 0 Å². The number of rotatable bonds is 4. The summed E-state index contributed by atoms with van der Waals surface area (Å²) in [5.41, 5.74) is 3.14. The molecule has 0 saturated heterocycles. The third-order valence-corrected chi connectivity index (χ3v) is 3.91. The average molecular weight is 348 g/mol. The van der Waals surface area contributed by atoms with Crippen molar-refractivity contribution in [1.82, 2.24) is 29.7 Å². The Balaban J connectivity index is 1.66. The molecule has 0 amide bonds. The zero-order valence-corrected chi connectivity index (χ0v) is 14.3. The smallest absolute Gasteiger partial charge is 0.267 e. The van der Waals surface area contributed by atoms with E-state index in [1.807, 2.05) is 37.5 Å². The molecule has 0 aliphatic rings. The number of aryl methyl sites for hydroxylation is 2. The van der Waals surface area contributed by atoms with Crippen LogP contribution in [0.4, 0.5) is 0 Å². The minimum Gasteiger partial charge on any atom is -0.339 e. The molecule has 3 aromatic heterocycles. The molecule has 8 nitrogen and oxygen atoms in total. The van der Waals surface area contributed by atoms with Gasteiger partial charge in [-0.3, -0.25) is 9.48 Å². The molecular weight excluding hydrogens is 332 g/mol. The van der Waals surface area contributed by atoms with Crippen molar-refractivity contribution in [3.63, 3.8) is 0 Å². The van der Waals surface area contributed by atoms with Gasteiger partial charge in [-0.15, -0.1) is 0 Å². The van der Waals surface area contributed by atoms with Crippen LogP contribution < -0.4 is 5.56 Å². The highest BCUT2D eigenvalue weighted by molar-refractivity contribution is 5.56. The predicted octanol–water partition coefficient (Wildman–Crippen LogP) is 2.05. The van der Waals surface area contributed by atoms with E-state index in [1.165, 1.54) is 10.7 Å². The molecule has 0 fully saturated rings. The highest BCUT2D eigenvalue weighted by Crippen LogP contribution is 2.18. The Kier molecular flexibility index (Phi) is 3.92. The van der Waals surface area contributed by atoms with E-state index in [2.05, 4.69) is 20.3 Å². The molecule has 0 spiro atoms. The Morgan fingerprint density at radius 2 is 2.04 bits per heavy atom. The van der Waals surface area contributed by atoms with Crippen molar-refractivity contribution in [3.05, 3.63) is 70.6 Å². The minimum atomic E-state index is -0.168. The second-order valence-electron chi connectivity index (χ2n) is 5.95. The SMILES string of the molecule is Cc1nc(-c2cccc(Cn3nc(-c4cnn(C)c4)ccc3=O)c2)no1. The minimum absolute atomic E-state index is 0.168. The maximum atomic E-state index is 12.2. The first-order chi connectivity index (χ1) is 12.6. The van der Waals surface area contributed by atoms with Gasteiger partial charge in [-0.25, -0.2) is 4.68 Å². The van der Waals surface area contributed by atoms with Gasteiger partial charge >= 0.3 is 0 Å². The lowest BCUT2D eigenvalue weighted by molar-refractivity contribution is 0.394. The molecule has 0 atom stereocenters. The van der Waals surface area contributed by atoms with Crippen molar-refractivity contribution in [3.8, 4) is 22.6 Å². The lowest BCUT2D eigenvalue weighted by Crippen LogP contribution is -2.22. The molecule has 4 rings (SSSR count). The fourth-order valence-corrected chi connectivity index (χ4v) is 2.67. The molecule has 1 aromatic carbocycles. The normalized spacial score (nSPS) is 11.0. The van der Waals surface area contributed by atoms with Crippen molar-refractivity contribution in [2.45, 2.75) is 13.5 Å². The predicted molar refractivity (Wildman–Crippen MR) is 94.3 cm³/mol. The molecule has 0 aliphatic heterocycles.